The normalized spacial score (nSPS) is 17.3. The van der Waals surface area contributed by atoms with Crippen LogP contribution in [-0.4, -0.2) is 39.8 Å². The zero-order valence-corrected chi connectivity index (χ0v) is 20.5. The topological polar surface area (TPSA) is 54.4 Å². The van der Waals surface area contributed by atoms with Crippen LogP contribution in [0.25, 0.3) is 5.69 Å². The van der Waals surface area contributed by atoms with Crippen molar-refractivity contribution < 1.29 is 4.74 Å². The highest BCUT2D eigenvalue weighted by Crippen LogP contribution is 2.39. The third-order valence-corrected chi connectivity index (χ3v) is 6.64. The highest BCUT2D eigenvalue weighted by Gasteiger charge is 2.40. The predicted molar refractivity (Wildman–Crippen MR) is 144 cm³/mol. The minimum atomic E-state index is -0.0509. The molecule has 1 saturated heterocycles. The van der Waals surface area contributed by atoms with E-state index in [9.17, 15) is 0 Å². The summed E-state index contributed by atoms with van der Waals surface area (Å²) >= 11 is 5.85. The van der Waals surface area contributed by atoms with E-state index in [0.29, 0.717) is 0 Å². The third-order valence-electron chi connectivity index (χ3n) is 6.29. The minimum Gasteiger partial charge on any atom is -0.497 e. The lowest BCUT2D eigenvalue weighted by atomic mass is 10.0. The molecule has 0 radical (unpaired) electrons. The molecule has 0 aliphatic carbocycles. The smallest absolute Gasteiger partial charge is 0.170 e. The summed E-state index contributed by atoms with van der Waals surface area (Å²) in [7, 11) is 1.69. The van der Waals surface area contributed by atoms with E-state index in [1.54, 1.807) is 7.11 Å². The SMILES string of the molecule is COc1cccc(-n2cccc2C2C(c3ccccn3)NC(=S)N2CCCNc2ccccc2)c1. The van der Waals surface area contributed by atoms with Crippen molar-refractivity contribution in [1.29, 1.82) is 0 Å². The number of hydrogen-bond acceptors (Lipinski definition) is 4. The van der Waals surface area contributed by atoms with Crippen LogP contribution in [0.2, 0.25) is 0 Å². The van der Waals surface area contributed by atoms with Crippen molar-refractivity contribution >= 4 is 23.0 Å². The number of nitrogens with one attached hydrogen (secondary N) is 2. The maximum absolute atomic E-state index is 5.85. The van der Waals surface area contributed by atoms with Gasteiger partial charge >= 0.3 is 0 Å². The number of methoxy groups -OCH3 is 1. The average Bonchev–Trinajstić information content (AvgIpc) is 3.52. The monoisotopic (exact) mass is 483 g/mol. The zero-order chi connectivity index (χ0) is 24.0. The maximum atomic E-state index is 5.85. The number of anilines is 1. The molecule has 1 fully saturated rings. The van der Waals surface area contributed by atoms with Crippen LogP contribution in [0.4, 0.5) is 5.69 Å². The van der Waals surface area contributed by atoms with E-state index >= 15 is 0 Å². The maximum Gasteiger partial charge on any atom is 0.170 e. The molecule has 178 valence electrons. The Morgan fingerprint density at radius 1 is 1.00 bits per heavy atom. The summed E-state index contributed by atoms with van der Waals surface area (Å²) in [5.41, 5.74) is 4.30. The molecular weight excluding hydrogens is 454 g/mol. The Balaban J connectivity index is 1.43. The van der Waals surface area contributed by atoms with Gasteiger partial charge in [0.2, 0.25) is 0 Å². The summed E-state index contributed by atoms with van der Waals surface area (Å²) in [6, 6.07) is 28.6. The van der Waals surface area contributed by atoms with E-state index in [2.05, 4.69) is 67.7 Å². The molecule has 0 spiro atoms. The molecule has 6 nitrogen and oxygen atoms in total. The third kappa shape index (κ3) is 5.00. The van der Waals surface area contributed by atoms with Gasteiger partial charge in [0.15, 0.2) is 5.11 Å². The summed E-state index contributed by atoms with van der Waals surface area (Å²) < 4.78 is 7.69. The van der Waals surface area contributed by atoms with Gasteiger partial charge in [0.25, 0.3) is 0 Å². The van der Waals surface area contributed by atoms with Crippen molar-refractivity contribution in [3.8, 4) is 11.4 Å². The summed E-state index contributed by atoms with van der Waals surface area (Å²) in [4.78, 5) is 6.96. The Kier molecular flexibility index (Phi) is 6.95. The van der Waals surface area contributed by atoms with E-state index in [1.807, 2.05) is 54.7 Å². The first-order valence-corrected chi connectivity index (χ1v) is 12.2. The molecule has 7 heteroatoms. The predicted octanol–water partition coefficient (Wildman–Crippen LogP) is 5.36. The second-order valence-corrected chi connectivity index (χ2v) is 8.86. The lowest BCUT2D eigenvalue weighted by molar-refractivity contribution is 0.307. The van der Waals surface area contributed by atoms with Crippen LogP contribution in [0.5, 0.6) is 5.75 Å². The lowest BCUT2D eigenvalue weighted by Gasteiger charge is -2.29. The Bertz CT molecular complexity index is 1260. The molecule has 2 aromatic heterocycles. The van der Waals surface area contributed by atoms with Crippen LogP contribution in [0.15, 0.2) is 97.3 Å². The fourth-order valence-corrected chi connectivity index (χ4v) is 4.97. The van der Waals surface area contributed by atoms with E-state index < -0.39 is 0 Å². The second kappa shape index (κ2) is 10.6. The molecule has 3 heterocycles. The first-order valence-electron chi connectivity index (χ1n) is 11.8. The van der Waals surface area contributed by atoms with Crippen molar-refractivity contribution in [2.45, 2.75) is 18.5 Å². The quantitative estimate of drug-likeness (QED) is 0.247. The molecule has 0 bridgehead atoms. The van der Waals surface area contributed by atoms with Crippen molar-refractivity contribution in [2.75, 3.05) is 25.5 Å². The van der Waals surface area contributed by atoms with Crippen LogP contribution < -0.4 is 15.4 Å². The number of pyridine rings is 1. The minimum absolute atomic E-state index is 0.00433. The number of hydrogen-bond donors (Lipinski definition) is 2. The molecule has 35 heavy (non-hydrogen) atoms. The Labute approximate surface area is 211 Å². The van der Waals surface area contributed by atoms with Crippen LogP contribution in [0, 0.1) is 0 Å². The molecule has 2 aromatic carbocycles. The second-order valence-electron chi connectivity index (χ2n) is 8.47. The van der Waals surface area contributed by atoms with Crippen molar-refractivity contribution in [1.82, 2.24) is 19.8 Å². The zero-order valence-electron chi connectivity index (χ0n) is 19.7. The molecule has 4 aromatic rings. The first-order chi connectivity index (χ1) is 17.2. The number of para-hydroxylation sites is 1. The summed E-state index contributed by atoms with van der Waals surface area (Å²) in [5.74, 6) is 0.826. The highest BCUT2D eigenvalue weighted by atomic mass is 32.1. The Morgan fingerprint density at radius 2 is 1.86 bits per heavy atom. The van der Waals surface area contributed by atoms with Gasteiger partial charge in [-0.05, 0) is 67.2 Å². The Morgan fingerprint density at radius 3 is 2.66 bits per heavy atom. The van der Waals surface area contributed by atoms with E-state index in [0.717, 1.165) is 53.1 Å². The van der Waals surface area contributed by atoms with E-state index in [-0.39, 0.29) is 12.1 Å². The number of nitrogens with zero attached hydrogens (tertiary/aromatic N) is 3. The molecule has 2 atom stereocenters. The van der Waals surface area contributed by atoms with Crippen LogP contribution in [-0.2, 0) is 0 Å². The van der Waals surface area contributed by atoms with Crippen LogP contribution in [0.3, 0.4) is 0 Å². The molecule has 1 aliphatic rings. The first kappa shape index (κ1) is 22.9. The summed E-state index contributed by atoms with van der Waals surface area (Å²) in [6.07, 6.45) is 4.88. The molecule has 1 aliphatic heterocycles. The van der Waals surface area contributed by atoms with Gasteiger partial charge in [0.05, 0.1) is 24.9 Å². The fourth-order valence-electron chi connectivity index (χ4n) is 4.64. The number of ether oxygens (including phenoxy) is 1. The largest absolute Gasteiger partial charge is 0.497 e. The van der Waals surface area contributed by atoms with Crippen molar-refractivity contribution in [3.05, 3.63) is 109 Å². The van der Waals surface area contributed by atoms with Crippen molar-refractivity contribution in [2.24, 2.45) is 0 Å². The molecule has 0 amide bonds. The van der Waals surface area contributed by atoms with Crippen LogP contribution >= 0.6 is 12.2 Å². The standard InChI is InChI=1S/C28H29N5OS/c1-34-23-13-7-12-22(20-23)32-18-8-15-25(32)27-26(24-14-5-6-16-30-24)31-28(35)33(27)19-9-17-29-21-10-3-2-4-11-21/h2-8,10-16,18,20,26-27,29H,9,17,19H2,1H3,(H,31,35). The summed E-state index contributed by atoms with van der Waals surface area (Å²) in [6.45, 7) is 1.68. The van der Waals surface area contributed by atoms with Gasteiger partial charge in [0, 0.05) is 48.6 Å². The van der Waals surface area contributed by atoms with Gasteiger partial charge < -0.3 is 24.8 Å². The molecule has 2 N–H and O–H groups in total. The molecule has 5 rings (SSSR count). The van der Waals surface area contributed by atoms with Gasteiger partial charge in [-0.3, -0.25) is 4.98 Å². The number of rotatable bonds is 9. The van der Waals surface area contributed by atoms with Gasteiger partial charge in [-0.15, -0.1) is 0 Å². The van der Waals surface area contributed by atoms with Gasteiger partial charge in [-0.1, -0.05) is 30.3 Å². The van der Waals surface area contributed by atoms with Crippen molar-refractivity contribution in [3.63, 3.8) is 0 Å². The number of thiocarbonyl (C=S) groups is 1. The van der Waals surface area contributed by atoms with Crippen LogP contribution in [0.1, 0.15) is 29.9 Å². The van der Waals surface area contributed by atoms with Gasteiger partial charge in [-0.25, -0.2) is 0 Å². The number of benzene rings is 2. The van der Waals surface area contributed by atoms with E-state index in [4.69, 9.17) is 17.0 Å². The number of aromatic nitrogens is 2. The molecule has 2 unspecified atom stereocenters. The molecular formula is C28H29N5OS. The molecule has 0 saturated carbocycles. The lowest BCUT2D eigenvalue weighted by Crippen LogP contribution is -2.32. The average molecular weight is 484 g/mol. The Hall–Kier alpha value is -3.84. The van der Waals surface area contributed by atoms with E-state index in [1.165, 1.54) is 0 Å². The van der Waals surface area contributed by atoms with Gasteiger partial charge in [-0.2, -0.15) is 0 Å². The van der Waals surface area contributed by atoms with Gasteiger partial charge in [0.1, 0.15) is 5.75 Å². The summed E-state index contributed by atoms with van der Waals surface area (Å²) in [5, 5.41) is 7.81. The highest BCUT2D eigenvalue weighted by molar-refractivity contribution is 7.80. The fraction of sp³-hybridized carbons (Fsp3) is 0.214.